The van der Waals surface area contributed by atoms with Crippen LogP contribution in [0.3, 0.4) is 0 Å². The maximum absolute atomic E-state index is 5.99. The van der Waals surface area contributed by atoms with Gasteiger partial charge >= 0.3 is 0 Å². The highest BCUT2D eigenvalue weighted by Gasteiger charge is 2.15. The van der Waals surface area contributed by atoms with Gasteiger partial charge < -0.3 is 30.4 Å². The summed E-state index contributed by atoms with van der Waals surface area (Å²) < 4.78 is 25.9. The van der Waals surface area contributed by atoms with Gasteiger partial charge in [-0.05, 0) is 121 Å². The Morgan fingerprint density at radius 2 is 0.714 bits per heavy atom. The molecule has 4 aromatic rings. The van der Waals surface area contributed by atoms with Crippen molar-refractivity contribution in [2.24, 2.45) is 0 Å². The topological polar surface area (TPSA) is 89.0 Å². The molecule has 0 aliphatic heterocycles. The lowest BCUT2D eigenvalue weighted by Gasteiger charge is -2.21. The zero-order valence-corrected chi connectivity index (χ0v) is 28.8. The molecule has 0 amide bonds. The van der Waals surface area contributed by atoms with Gasteiger partial charge in [0.05, 0.1) is 42.9 Å². The van der Waals surface area contributed by atoms with Crippen LogP contribution in [0.5, 0.6) is 23.0 Å². The molecule has 0 aliphatic carbocycles. The van der Waals surface area contributed by atoms with Crippen molar-refractivity contribution in [1.29, 1.82) is 0 Å². The molecule has 0 saturated carbocycles. The van der Waals surface area contributed by atoms with Gasteiger partial charge in [-0.15, -0.1) is 0 Å². The summed E-state index contributed by atoms with van der Waals surface area (Å²) in [7, 11) is 0. The lowest BCUT2D eigenvalue weighted by molar-refractivity contribution is 0.129. The standard InChI is InChI=1S/C17H18I2O2.C17H22N2O2/c2*1-12(20-16-9-5-3-7-14(16)18)11-13(2)21-17-10-6-4-8-15(17)19/h3-10,12-13H,11H2,1-2H3;3-10,12-13H,11,18-19H2,1-2H3/t2*12-,13-/m11/s1. The van der Waals surface area contributed by atoms with Crippen molar-refractivity contribution in [2.75, 3.05) is 11.5 Å². The highest BCUT2D eigenvalue weighted by Crippen LogP contribution is 2.26. The highest BCUT2D eigenvalue weighted by molar-refractivity contribution is 14.1. The Kier molecular flexibility index (Phi) is 13.9. The van der Waals surface area contributed by atoms with Crippen LogP contribution in [0.15, 0.2) is 97.1 Å². The third-order valence-electron chi connectivity index (χ3n) is 6.15. The zero-order valence-electron chi connectivity index (χ0n) is 24.5. The van der Waals surface area contributed by atoms with E-state index in [2.05, 4.69) is 71.2 Å². The molecule has 0 fully saturated rings. The molecule has 0 spiro atoms. The van der Waals surface area contributed by atoms with E-state index in [0.717, 1.165) is 31.5 Å². The van der Waals surface area contributed by atoms with Crippen LogP contribution in [0.25, 0.3) is 0 Å². The van der Waals surface area contributed by atoms with Crippen molar-refractivity contribution in [3.63, 3.8) is 0 Å². The first-order chi connectivity index (χ1) is 20.1. The molecule has 8 heteroatoms. The van der Waals surface area contributed by atoms with Gasteiger partial charge in [0.2, 0.25) is 0 Å². The normalized spacial score (nSPS) is 13.5. The minimum absolute atomic E-state index is 0.00497. The second kappa shape index (κ2) is 17.3. The van der Waals surface area contributed by atoms with Crippen LogP contribution >= 0.6 is 45.2 Å². The summed E-state index contributed by atoms with van der Waals surface area (Å²) in [5.41, 5.74) is 13.0. The second-order valence-corrected chi connectivity index (χ2v) is 12.4. The number of ether oxygens (including phenoxy) is 4. The molecule has 0 bridgehead atoms. The van der Waals surface area contributed by atoms with E-state index in [0.29, 0.717) is 22.9 Å². The number of halogens is 2. The minimum atomic E-state index is -0.00497. The molecule has 0 radical (unpaired) electrons. The molecule has 224 valence electrons. The predicted octanol–water partition coefficient (Wildman–Crippen LogP) is 9.00. The Bertz CT molecular complexity index is 1180. The van der Waals surface area contributed by atoms with Crippen molar-refractivity contribution < 1.29 is 18.9 Å². The van der Waals surface area contributed by atoms with Gasteiger partial charge in [0, 0.05) is 12.8 Å². The van der Waals surface area contributed by atoms with Crippen molar-refractivity contribution in [2.45, 2.75) is 65.0 Å². The van der Waals surface area contributed by atoms with E-state index in [4.69, 9.17) is 30.4 Å². The van der Waals surface area contributed by atoms with E-state index >= 15 is 0 Å². The van der Waals surface area contributed by atoms with Crippen LogP contribution in [0, 0.1) is 7.14 Å². The van der Waals surface area contributed by atoms with Crippen LogP contribution in [0.2, 0.25) is 0 Å². The van der Waals surface area contributed by atoms with Gasteiger partial charge in [-0.25, -0.2) is 0 Å². The second-order valence-electron chi connectivity index (χ2n) is 10.1. The van der Waals surface area contributed by atoms with Crippen molar-refractivity contribution >= 4 is 56.6 Å². The number of hydrogen-bond donors (Lipinski definition) is 2. The lowest BCUT2D eigenvalue weighted by Crippen LogP contribution is -2.23. The molecule has 0 heterocycles. The summed E-state index contributed by atoms with van der Waals surface area (Å²) in [5.74, 6) is 3.28. The highest BCUT2D eigenvalue weighted by atomic mass is 127. The Hall–Kier alpha value is -2.86. The van der Waals surface area contributed by atoms with Crippen molar-refractivity contribution in [1.82, 2.24) is 0 Å². The summed E-state index contributed by atoms with van der Waals surface area (Å²) >= 11 is 4.59. The fraction of sp³-hybridized carbons (Fsp3) is 0.294. The average Bonchev–Trinajstić information content (AvgIpc) is 2.94. The monoisotopic (exact) mass is 794 g/mol. The van der Waals surface area contributed by atoms with Crippen LogP contribution < -0.4 is 30.4 Å². The fourth-order valence-corrected chi connectivity index (χ4v) is 5.28. The molecule has 4 atom stereocenters. The summed E-state index contributed by atoms with van der Waals surface area (Å²) in [5, 5.41) is 0. The number of nitrogen functional groups attached to an aromatic ring is 2. The summed E-state index contributed by atoms with van der Waals surface area (Å²) in [6.45, 7) is 8.17. The Labute approximate surface area is 277 Å². The number of nitrogens with two attached hydrogens (primary N) is 2. The first kappa shape index (κ1) is 33.6. The smallest absolute Gasteiger partial charge is 0.142 e. The summed E-state index contributed by atoms with van der Waals surface area (Å²) in [6, 6.07) is 31.1. The van der Waals surface area contributed by atoms with Gasteiger partial charge in [0.25, 0.3) is 0 Å². The molecule has 0 unspecified atom stereocenters. The molecule has 42 heavy (non-hydrogen) atoms. The number of rotatable bonds is 12. The predicted molar refractivity (Wildman–Crippen MR) is 190 cm³/mol. The first-order valence-corrected chi connectivity index (χ1v) is 16.1. The largest absolute Gasteiger partial charge is 0.489 e. The van der Waals surface area contributed by atoms with Crippen LogP contribution in [-0.2, 0) is 0 Å². The van der Waals surface area contributed by atoms with E-state index in [1.165, 1.54) is 0 Å². The molecule has 0 aliphatic rings. The fourth-order valence-electron chi connectivity index (χ4n) is 4.25. The van der Waals surface area contributed by atoms with Gasteiger partial charge in [-0.2, -0.15) is 0 Å². The van der Waals surface area contributed by atoms with Crippen molar-refractivity contribution in [3.8, 4) is 23.0 Å². The zero-order chi connectivity index (χ0) is 30.5. The van der Waals surface area contributed by atoms with Gasteiger partial charge in [0.1, 0.15) is 23.0 Å². The third kappa shape index (κ3) is 11.4. The van der Waals surface area contributed by atoms with Gasteiger partial charge in [-0.3, -0.25) is 0 Å². The SMILES string of the molecule is C[C@H](C[C@@H](C)Oc1ccccc1I)Oc1ccccc1I.C[C@H](C[C@@H](C)Oc1ccccc1N)Oc1ccccc1N. The number of benzene rings is 4. The quantitative estimate of drug-likeness (QED) is 0.110. The van der Waals surface area contributed by atoms with E-state index in [-0.39, 0.29) is 24.4 Å². The van der Waals surface area contributed by atoms with E-state index in [9.17, 15) is 0 Å². The number of anilines is 2. The number of hydrogen-bond acceptors (Lipinski definition) is 6. The minimum Gasteiger partial charge on any atom is -0.489 e. The molecular weight excluding hydrogens is 754 g/mol. The molecule has 4 N–H and O–H groups in total. The molecule has 0 saturated heterocycles. The summed E-state index contributed by atoms with van der Waals surface area (Å²) in [4.78, 5) is 0. The molecule has 4 aromatic carbocycles. The van der Waals surface area contributed by atoms with E-state index in [1.54, 1.807) is 0 Å². The third-order valence-corrected chi connectivity index (χ3v) is 7.93. The molecular formula is C34H40I2N2O4. The van der Waals surface area contributed by atoms with Crippen molar-refractivity contribution in [3.05, 3.63) is 104 Å². The summed E-state index contributed by atoms with van der Waals surface area (Å²) in [6.07, 6.45) is 1.79. The van der Waals surface area contributed by atoms with Gasteiger partial charge in [-0.1, -0.05) is 48.5 Å². The van der Waals surface area contributed by atoms with Crippen LogP contribution in [0.1, 0.15) is 40.5 Å². The molecule has 4 rings (SSSR count). The Balaban J connectivity index is 0.000000230. The Morgan fingerprint density at radius 1 is 0.452 bits per heavy atom. The van der Waals surface area contributed by atoms with Crippen LogP contribution in [-0.4, -0.2) is 24.4 Å². The molecule has 6 nitrogen and oxygen atoms in total. The van der Waals surface area contributed by atoms with E-state index < -0.39 is 0 Å². The van der Waals surface area contributed by atoms with E-state index in [1.807, 2.05) is 98.8 Å². The Morgan fingerprint density at radius 3 is 1.02 bits per heavy atom. The number of para-hydroxylation sites is 6. The maximum atomic E-state index is 5.99. The lowest BCUT2D eigenvalue weighted by atomic mass is 10.2. The van der Waals surface area contributed by atoms with Gasteiger partial charge in [0.15, 0.2) is 0 Å². The molecule has 0 aromatic heterocycles. The average molecular weight is 795 g/mol. The van der Waals surface area contributed by atoms with Crippen LogP contribution in [0.4, 0.5) is 11.4 Å². The first-order valence-electron chi connectivity index (χ1n) is 14.0. The maximum Gasteiger partial charge on any atom is 0.142 e.